The molecule has 0 aliphatic carbocycles. The van der Waals surface area contributed by atoms with E-state index in [-0.39, 0.29) is 10.8 Å². The van der Waals surface area contributed by atoms with Gasteiger partial charge in [-0.15, -0.1) is 0 Å². The van der Waals surface area contributed by atoms with Gasteiger partial charge < -0.3 is 4.90 Å². The number of nitrogens with zero attached hydrogens (tertiary/aromatic N) is 4. The Morgan fingerprint density at radius 1 is 1.38 bits per heavy atom. The molecule has 0 spiro atoms. The molecule has 0 saturated heterocycles. The summed E-state index contributed by atoms with van der Waals surface area (Å²) in [5, 5.41) is 13.5. The number of rotatable bonds is 8. The second-order valence-electron chi connectivity index (χ2n) is 6.27. The maximum atomic E-state index is 12.3. The Bertz CT molecular complexity index is 979. The molecule has 0 fully saturated rings. The molecule has 0 unspecified atom stereocenters. The summed E-state index contributed by atoms with van der Waals surface area (Å²) in [5.74, 6) is -1.79. The zero-order valence-electron chi connectivity index (χ0n) is 15.3. The van der Waals surface area contributed by atoms with E-state index in [1.165, 1.54) is 30.3 Å². The number of amides is 1. The van der Waals surface area contributed by atoms with Crippen LogP contribution in [-0.2, 0) is 14.6 Å². The number of anilines is 1. The van der Waals surface area contributed by atoms with E-state index in [4.69, 9.17) is 11.6 Å². The monoisotopic (exact) mass is 455 g/mol. The molecule has 0 aliphatic heterocycles. The van der Waals surface area contributed by atoms with E-state index in [1.807, 2.05) is 0 Å². The predicted molar refractivity (Wildman–Crippen MR) is 97.9 cm³/mol. The normalized spacial score (nSPS) is 12.2. The van der Waals surface area contributed by atoms with Crippen molar-refractivity contribution in [2.45, 2.75) is 25.4 Å². The van der Waals surface area contributed by atoms with Gasteiger partial charge in [-0.1, -0.05) is 11.6 Å². The predicted octanol–water partition coefficient (Wildman–Crippen LogP) is 2.16. The number of sulfone groups is 1. The topological polar surface area (TPSA) is 96.4 Å². The van der Waals surface area contributed by atoms with Gasteiger partial charge in [-0.05, 0) is 12.5 Å². The van der Waals surface area contributed by atoms with Crippen LogP contribution in [0.2, 0.25) is 5.15 Å². The largest absolute Gasteiger partial charge is 0.389 e. The van der Waals surface area contributed by atoms with E-state index in [9.17, 15) is 31.6 Å². The molecule has 13 heteroatoms. The van der Waals surface area contributed by atoms with Crippen LogP contribution in [-0.4, -0.2) is 54.0 Å². The van der Waals surface area contributed by atoms with Crippen LogP contribution < -0.4 is 9.63 Å². The average Bonchev–Trinajstić information content (AvgIpc) is 2.99. The first-order valence-electron chi connectivity index (χ1n) is 8.38. The summed E-state index contributed by atoms with van der Waals surface area (Å²) < 4.78 is 62.2. The molecule has 0 atom stereocenters. The highest BCUT2D eigenvalue weighted by atomic mass is 35.5. The minimum Gasteiger partial charge on any atom is -0.311 e. The summed E-state index contributed by atoms with van der Waals surface area (Å²) >= 11 is 6.05. The smallest absolute Gasteiger partial charge is 0.311 e. The van der Waals surface area contributed by atoms with E-state index in [0.717, 1.165) is 9.63 Å². The number of hydrogen-bond acceptors (Lipinski definition) is 5. The highest BCUT2D eigenvalue weighted by Gasteiger charge is 2.28. The highest BCUT2D eigenvalue weighted by Crippen LogP contribution is 2.25. The van der Waals surface area contributed by atoms with Gasteiger partial charge in [0, 0.05) is 30.7 Å². The highest BCUT2D eigenvalue weighted by molar-refractivity contribution is 7.91. The molecule has 160 valence electrons. The minimum absolute atomic E-state index is 0.0257. The molecule has 1 N–H and O–H groups in total. The number of pyridine rings is 1. The van der Waals surface area contributed by atoms with Crippen molar-refractivity contribution < 1.29 is 36.3 Å². The average molecular weight is 456 g/mol. The summed E-state index contributed by atoms with van der Waals surface area (Å²) in [6, 6.07) is 3.19. The van der Waals surface area contributed by atoms with Crippen LogP contribution in [0.5, 0.6) is 0 Å². The number of carbonyl (C=O) groups is 1. The van der Waals surface area contributed by atoms with Gasteiger partial charge in [0.2, 0.25) is 18.3 Å². The molecule has 2 aromatic heterocycles. The lowest BCUT2D eigenvalue weighted by Crippen LogP contribution is -2.29. The van der Waals surface area contributed by atoms with Crippen LogP contribution >= 0.6 is 11.6 Å². The molecule has 0 radical (unpaired) electrons. The minimum atomic E-state index is -4.42. The maximum absolute atomic E-state index is 12.3. The molecule has 2 rings (SSSR count). The number of halogens is 4. The summed E-state index contributed by atoms with van der Waals surface area (Å²) in [4.78, 5) is 13.4. The van der Waals surface area contributed by atoms with Crippen LogP contribution in [0.15, 0.2) is 30.7 Å². The van der Waals surface area contributed by atoms with Crippen LogP contribution in [0.1, 0.15) is 19.3 Å². The van der Waals surface area contributed by atoms with Gasteiger partial charge in [0.15, 0.2) is 15.0 Å². The molecular formula is C16H19ClF3N4O4S+. The maximum Gasteiger partial charge on any atom is 0.389 e. The van der Waals surface area contributed by atoms with Crippen LogP contribution in [0.25, 0.3) is 5.69 Å². The van der Waals surface area contributed by atoms with Crippen molar-refractivity contribution in [2.75, 3.05) is 23.5 Å². The van der Waals surface area contributed by atoms with Crippen molar-refractivity contribution in [1.29, 1.82) is 0 Å². The Kier molecular flexibility index (Phi) is 7.11. The van der Waals surface area contributed by atoms with Crippen molar-refractivity contribution in [3.05, 3.63) is 35.9 Å². The molecule has 0 aromatic carbocycles. The number of alkyl halides is 3. The van der Waals surface area contributed by atoms with Crippen molar-refractivity contribution >= 4 is 33.0 Å². The Balaban J connectivity index is 2.00. The summed E-state index contributed by atoms with van der Waals surface area (Å²) in [6.45, 7) is 0. The van der Waals surface area contributed by atoms with E-state index in [1.54, 1.807) is 12.1 Å². The lowest BCUT2D eigenvalue weighted by Gasteiger charge is -2.15. The lowest BCUT2D eigenvalue weighted by atomic mass is 10.3. The third-order valence-corrected chi connectivity index (χ3v) is 5.97. The quantitative estimate of drug-likeness (QED) is 0.486. The van der Waals surface area contributed by atoms with E-state index < -0.39 is 52.7 Å². The SMILES string of the molecule is CN(C(=O)CCS(=O)(=O)CCCC(F)(F)F)c1cn(-c2ccc[n+](O)c2)nc1Cl. The molecule has 0 saturated carbocycles. The van der Waals surface area contributed by atoms with Crippen LogP contribution in [0, 0.1) is 0 Å². The first-order chi connectivity index (χ1) is 13.4. The second-order valence-corrected chi connectivity index (χ2v) is 8.93. The Hall–Kier alpha value is -2.34. The molecule has 2 aromatic rings. The molecule has 0 aliphatic rings. The fourth-order valence-electron chi connectivity index (χ4n) is 2.43. The first-order valence-corrected chi connectivity index (χ1v) is 10.6. The number of aromatic nitrogens is 3. The van der Waals surface area contributed by atoms with Gasteiger partial charge in [0.1, 0.15) is 11.4 Å². The third-order valence-electron chi connectivity index (χ3n) is 3.96. The molecule has 1 amide bonds. The van der Waals surface area contributed by atoms with Crippen LogP contribution in [0.4, 0.5) is 18.9 Å². The van der Waals surface area contributed by atoms with Crippen molar-refractivity contribution in [3.63, 3.8) is 0 Å². The van der Waals surface area contributed by atoms with Crippen molar-refractivity contribution in [2.24, 2.45) is 0 Å². The summed E-state index contributed by atoms with van der Waals surface area (Å²) in [7, 11) is -2.42. The van der Waals surface area contributed by atoms with Gasteiger partial charge in [-0.25, -0.2) is 13.1 Å². The molecule has 29 heavy (non-hydrogen) atoms. The zero-order valence-corrected chi connectivity index (χ0v) is 16.9. The Morgan fingerprint density at radius 2 is 2.07 bits per heavy atom. The van der Waals surface area contributed by atoms with Crippen molar-refractivity contribution in [1.82, 2.24) is 9.78 Å². The van der Waals surface area contributed by atoms with Gasteiger partial charge in [-0.3, -0.25) is 10.0 Å². The van der Waals surface area contributed by atoms with E-state index in [2.05, 4.69) is 5.10 Å². The fraction of sp³-hybridized carbons (Fsp3) is 0.438. The Labute approximate surface area is 170 Å². The van der Waals surface area contributed by atoms with E-state index in [0.29, 0.717) is 5.69 Å². The van der Waals surface area contributed by atoms with Gasteiger partial charge in [-0.2, -0.15) is 18.3 Å². The molecule has 0 bridgehead atoms. The van der Waals surface area contributed by atoms with E-state index >= 15 is 0 Å². The van der Waals surface area contributed by atoms with Crippen LogP contribution in [0.3, 0.4) is 0 Å². The zero-order chi connectivity index (χ0) is 21.8. The first kappa shape index (κ1) is 22.9. The lowest BCUT2D eigenvalue weighted by molar-refractivity contribution is -0.904. The molecule has 2 heterocycles. The second kappa shape index (κ2) is 8.99. The fourth-order valence-corrected chi connectivity index (χ4v) is 3.96. The molecule has 8 nitrogen and oxygen atoms in total. The number of carbonyl (C=O) groups excluding carboxylic acids is 1. The third kappa shape index (κ3) is 6.89. The summed E-state index contributed by atoms with van der Waals surface area (Å²) in [6.07, 6.45) is -2.40. The standard InChI is InChI=1S/C16H19ClF3N4O4S/c1-22(14(25)5-9-29(27,28)8-3-6-16(18,19)20)13-11-24(21-15(13)17)12-4-2-7-23(26)10-12/h2,4,7,10-11,26H,3,5-6,8-9H2,1H3/q+1. The van der Waals surface area contributed by atoms with Gasteiger partial charge >= 0.3 is 6.18 Å². The van der Waals surface area contributed by atoms with Crippen molar-refractivity contribution in [3.8, 4) is 5.69 Å². The van der Waals surface area contributed by atoms with Gasteiger partial charge in [0.05, 0.1) is 17.7 Å². The van der Waals surface area contributed by atoms with Gasteiger partial charge in [0.25, 0.3) is 0 Å². The Morgan fingerprint density at radius 3 is 2.69 bits per heavy atom. The molecular weight excluding hydrogens is 437 g/mol. The summed E-state index contributed by atoms with van der Waals surface area (Å²) in [5.41, 5.74) is 0.663. The number of hydrogen-bond donors (Lipinski definition) is 1.